The maximum atomic E-state index is 10.3. The van der Waals surface area contributed by atoms with Gasteiger partial charge < -0.3 is 5.11 Å². The topological polar surface area (TPSA) is 47.9 Å². The molecule has 2 N–H and O–H groups in total. The van der Waals surface area contributed by atoms with Gasteiger partial charge in [0.15, 0.2) is 5.72 Å². The number of aliphatic hydroxyl groups is 1. The maximum Gasteiger partial charge on any atom is 0.169 e. The predicted molar refractivity (Wildman–Crippen MR) is 64.0 cm³/mol. The van der Waals surface area contributed by atoms with E-state index in [1.54, 1.807) is 11.9 Å². The van der Waals surface area contributed by atoms with Crippen molar-refractivity contribution in [3.8, 4) is 0 Å². The van der Waals surface area contributed by atoms with Crippen molar-refractivity contribution in [3.63, 3.8) is 0 Å². The van der Waals surface area contributed by atoms with E-state index in [1.165, 1.54) is 0 Å². The molecule has 1 aromatic rings. The lowest BCUT2D eigenvalue weighted by Crippen LogP contribution is -2.62. The van der Waals surface area contributed by atoms with Gasteiger partial charge in [0.25, 0.3) is 0 Å². The Morgan fingerprint density at radius 2 is 2.00 bits per heavy atom. The fourth-order valence-corrected chi connectivity index (χ4v) is 1.84. The molecule has 0 saturated carbocycles. The summed E-state index contributed by atoms with van der Waals surface area (Å²) in [7, 11) is 1.87. The highest BCUT2D eigenvalue weighted by molar-refractivity contribution is 6.06. The zero-order chi connectivity index (χ0) is 11.8. The molecule has 0 radical (unpaired) electrons. The van der Waals surface area contributed by atoms with Crippen molar-refractivity contribution in [1.82, 2.24) is 10.4 Å². The molecule has 0 amide bonds. The summed E-state index contributed by atoms with van der Waals surface area (Å²) < 4.78 is 0. The van der Waals surface area contributed by atoms with Crippen LogP contribution in [0.3, 0.4) is 0 Å². The van der Waals surface area contributed by atoms with Crippen molar-refractivity contribution >= 4 is 5.71 Å². The first-order valence-electron chi connectivity index (χ1n) is 5.37. The van der Waals surface area contributed by atoms with Gasteiger partial charge in [0.2, 0.25) is 0 Å². The molecule has 2 unspecified atom stereocenters. The van der Waals surface area contributed by atoms with Crippen LogP contribution in [-0.2, 0) is 0 Å². The average molecular weight is 219 g/mol. The van der Waals surface area contributed by atoms with Crippen molar-refractivity contribution < 1.29 is 5.11 Å². The van der Waals surface area contributed by atoms with Crippen LogP contribution in [-0.4, -0.2) is 34.8 Å². The van der Waals surface area contributed by atoms with Crippen LogP contribution < -0.4 is 5.43 Å². The molecule has 0 aromatic heterocycles. The zero-order valence-electron chi connectivity index (χ0n) is 9.81. The van der Waals surface area contributed by atoms with E-state index < -0.39 is 5.72 Å². The van der Waals surface area contributed by atoms with Gasteiger partial charge >= 0.3 is 0 Å². The summed E-state index contributed by atoms with van der Waals surface area (Å²) in [5, 5.41) is 12.1. The fourth-order valence-electron chi connectivity index (χ4n) is 1.84. The summed E-state index contributed by atoms with van der Waals surface area (Å²) >= 11 is 0. The van der Waals surface area contributed by atoms with E-state index in [4.69, 9.17) is 0 Å². The molecule has 0 saturated heterocycles. The summed E-state index contributed by atoms with van der Waals surface area (Å²) in [4.78, 5) is 4.52. The summed E-state index contributed by atoms with van der Waals surface area (Å²) in [5.74, 6) is 0. The molecular formula is C12H17N3O. The number of nitrogens with one attached hydrogen (secondary N) is 1. The third-order valence-corrected chi connectivity index (χ3v) is 2.78. The Labute approximate surface area is 95.6 Å². The second-order valence-electron chi connectivity index (χ2n) is 4.27. The number of hydrazine groups is 1. The molecule has 2 rings (SSSR count). The zero-order valence-corrected chi connectivity index (χ0v) is 9.81. The predicted octanol–water partition coefficient (Wildman–Crippen LogP) is 0.980. The molecule has 0 spiro atoms. The van der Waals surface area contributed by atoms with Crippen LogP contribution in [0.25, 0.3) is 0 Å². The lowest BCUT2D eigenvalue weighted by Gasteiger charge is -2.39. The van der Waals surface area contributed by atoms with E-state index in [-0.39, 0.29) is 6.17 Å². The number of hydrogen-bond donors (Lipinski definition) is 2. The highest BCUT2D eigenvalue weighted by Crippen LogP contribution is 2.18. The Hall–Kier alpha value is -1.23. The molecule has 4 nitrogen and oxygen atoms in total. The minimum absolute atomic E-state index is 0.00966. The Morgan fingerprint density at radius 1 is 1.38 bits per heavy atom. The van der Waals surface area contributed by atoms with E-state index in [0.717, 1.165) is 5.56 Å². The molecule has 1 heterocycles. The van der Waals surface area contributed by atoms with Crippen LogP contribution in [0.2, 0.25) is 0 Å². The fraction of sp³-hybridized carbons (Fsp3) is 0.417. The van der Waals surface area contributed by atoms with E-state index in [2.05, 4.69) is 10.4 Å². The van der Waals surface area contributed by atoms with E-state index in [1.807, 2.05) is 44.3 Å². The molecule has 0 fully saturated rings. The Kier molecular flexibility index (Phi) is 2.80. The Balaban J connectivity index is 2.43. The number of hydrogen-bond acceptors (Lipinski definition) is 4. The minimum atomic E-state index is -1.12. The van der Waals surface area contributed by atoms with E-state index in [0.29, 0.717) is 5.71 Å². The normalized spacial score (nSPS) is 31.2. The van der Waals surface area contributed by atoms with Crippen LogP contribution >= 0.6 is 0 Å². The molecule has 4 heteroatoms. The van der Waals surface area contributed by atoms with Crippen LogP contribution in [0.1, 0.15) is 19.4 Å². The first-order valence-corrected chi connectivity index (χ1v) is 5.37. The third-order valence-electron chi connectivity index (χ3n) is 2.78. The molecule has 1 aliphatic heterocycles. The van der Waals surface area contributed by atoms with Crippen molar-refractivity contribution in [3.05, 3.63) is 35.9 Å². The Bertz CT molecular complexity index is 400. The summed E-state index contributed by atoms with van der Waals surface area (Å²) in [5.41, 5.74) is 3.51. The Morgan fingerprint density at radius 3 is 2.62 bits per heavy atom. The van der Waals surface area contributed by atoms with Gasteiger partial charge in [-0.25, -0.2) is 10.4 Å². The second kappa shape index (κ2) is 3.97. The van der Waals surface area contributed by atoms with Crippen LogP contribution in [0.15, 0.2) is 35.3 Å². The number of nitrogens with zero attached hydrogens (tertiary/aromatic N) is 2. The minimum Gasteiger partial charge on any atom is -0.369 e. The van der Waals surface area contributed by atoms with E-state index >= 15 is 0 Å². The van der Waals surface area contributed by atoms with Gasteiger partial charge in [0, 0.05) is 12.6 Å². The number of aliphatic imine (C=N–C) groups is 1. The smallest absolute Gasteiger partial charge is 0.169 e. The highest BCUT2D eigenvalue weighted by atomic mass is 16.3. The second-order valence-corrected chi connectivity index (χ2v) is 4.27. The van der Waals surface area contributed by atoms with Crippen molar-refractivity contribution in [2.45, 2.75) is 25.7 Å². The van der Waals surface area contributed by atoms with Crippen LogP contribution in [0.4, 0.5) is 0 Å². The molecule has 1 aliphatic rings. The summed E-state index contributed by atoms with van der Waals surface area (Å²) in [6.45, 7) is 3.69. The van der Waals surface area contributed by atoms with Gasteiger partial charge in [-0.2, -0.15) is 0 Å². The quantitative estimate of drug-likeness (QED) is 0.740. The highest BCUT2D eigenvalue weighted by Gasteiger charge is 2.35. The maximum absolute atomic E-state index is 10.3. The molecule has 0 bridgehead atoms. The van der Waals surface area contributed by atoms with Gasteiger partial charge in [0.1, 0.15) is 6.17 Å². The monoisotopic (exact) mass is 219 g/mol. The van der Waals surface area contributed by atoms with Crippen molar-refractivity contribution in [2.24, 2.45) is 4.99 Å². The number of benzene rings is 1. The van der Waals surface area contributed by atoms with Crippen molar-refractivity contribution in [2.75, 3.05) is 7.05 Å². The first-order chi connectivity index (χ1) is 7.50. The summed E-state index contributed by atoms with van der Waals surface area (Å²) in [6, 6.07) is 9.73. The molecule has 0 aliphatic carbocycles. The largest absolute Gasteiger partial charge is 0.369 e. The van der Waals surface area contributed by atoms with Gasteiger partial charge in [0.05, 0.1) is 5.71 Å². The van der Waals surface area contributed by atoms with Crippen LogP contribution in [0, 0.1) is 0 Å². The van der Waals surface area contributed by atoms with Gasteiger partial charge in [-0.1, -0.05) is 30.3 Å². The van der Waals surface area contributed by atoms with Gasteiger partial charge in [-0.15, -0.1) is 0 Å². The standard InChI is InChI=1S/C12H17N3O/c1-9-13-11(10-7-5-4-6-8-10)12(2,16)14-15(9)3/h4-9,14,16H,1-3H3. The van der Waals surface area contributed by atoms with Crippen molar-refractivity contribution in [1.29, 1.82) is 0 Å². The third kappa shape index (κ3) is 2.00. The van der Waals surface area contributed by atoms with Crippen LogP contribution in [0.5, 0.6) is 0 Å². The molecule has 16 heavy (non-hydrogen) atoms. The lowest BCUT2D eigenvalue weighted by atomic mass is 10.0. The molecule has 1 aromatic carbocycles. The number of rotatable bonds is 1. The molecule has 86 valence electrons. The molecule has 2 atom stereocenters. The lowest BCUT2D eigenvalue weighted by molar-refractivity contribution is -0.0122. The van der Waals surface area contributed by atoms with Gasteiger partial charge in [-0.3, -0.25) is 4.99 Å². The van der Waals surface area contributed by atoms with E-state index in [9.17, 15) is 5.11 Å². The molecular weight excluding hydrogens is 202 g/mol. The average Bonchev–Trinajstić information content (AvgIpc) is 2.24. The SMILES string of the molecule is CC1N=C(c2ccccc2)C(C)(O)NN1C. The first kappa shape index (κ1) is 11.3. The van der Waals surface area contributed by atoms with Gasteiger partial charge in [-0.05, 0) is 13.8 Å². The summed E-state index contributed by atoms with van der Waals surface area (Å²) in [6.07, 6.45) is 0.00966.